The molecule has 1 nitrogen and oxygen atoms in total. The average Bonchev–Trinajstić information content (AvgIpc) is 3.20. The second kappa shape index (κ2) is 10.1. The van der Waals surface area contributed by atoms with Crippen LogP contribution in [0.25, 0.3) is 16.5 Å². The van der Waals surface area contributed by atoms with Crippen LogP contribution in [0.5, 0.6) is 0 Å². The third-order valence-corrected chi connectivity index (χ3v) is 3.33. The largest absolute Gasteiger partial charge is 4.00 e. The van der Waals surface area contributed by atoms with Gasteiger partial charge in [0.2, 0.25) is 0 Å². The fourth-order valence-electron chi connectivity index (χ4n) is 2.26. The SMILES string of the molecule is C[c-]1cccc1.[F-].[F-].[Zr+4].c1ccc2[cH-]c(-n3cccc3)cc2c1. The molecular formula is C19H17F2NZr. The second-order valence-electron chi connectivity index (χ2n) is 4.90. The van der Waals surface area contributed by atoms with Crippen LogP contribution in [0.15, 0.2) is 85.2 Å². The summed E-state index contributed by atoms with van der Waals surface area (Å²) >= 11 is 0. The Morgan fingerprint density at radius 3 is 2.00 bits per heavy atom. The molecular weight excluding hydrogens is 371 g/mol. The molecule has 4 heteroatoms. The first kappa shape index (κ1) is 21.2. The molecule has 0 aliphatic heterocycles. The van der Waals surface area contributed by atoms with Crippen molar-refractivity contribution < 1.29 is 35.6 Å². The maximum absolute atomic E-state index is 2.20. The Balaban J connectivity index is 0.000000469. The molecule has 0 N–H and O–H groups in total. The van der Waals surface area contributed by atoms with Gasteiger partial charge in [-0.1, -0.05) is 13.0 Å². The van der Waals surface area contributed by atoms with Crippen molar-refractivity contribution in [3.8, 4) is 5.69 Å². The van der Waals surface area contributed by atoms with Crippen LogP contribution in [0.3, 0.4) is 0 Å². The molecule has 4 rings (SSSR count). The standard InChI is InChI=1S/C13H10N.C6H7.2FH.Zr/c1-2-6-12-10-13(9-11(12)5-1)14-7-3-4-8-14;1-6-4-2-3-5-6;;;/h1-10H;2-5H,1H3;2*1H;/q2*-1;;;+4/p-2. The molecule has 0 radical (unpaired) electrons. The fourth-order valence-corrected chi connectivity index (χ4v) is 2.26. The summed E-state index contributed by atoms with van der Waals surface area (Å²) in [5.41, 5.74) is 2.58. The number of nitrogens with zero attached hydrogens (tertiary/aromatic N) is 1. The number of rotatable bonds is 1. The first-order valence-electron chi connectivity index (χ1n) is 6.80. The summed E-state index contributed by atoms with van der Waals surface area (Å²) in [6, 6.07) is 25.2. The Kier molecular flexibility index (Phi) is 9.28. The molecule has 1 heterocycles. The summed E-state index contributed by atoms with van der Waals surface area (Å²) in [5.74, 6) is 0. The van der Waals surface area contributed by atoms with E-state index < -0.39 is 0 Å². The van der Waals surface area contributed by atoms with E-state index in [0.717, 1.165) is 0 Å². The van der Waals surface area contributed by atoms with Crippen LogP contribution in [-0.4, -0.2) is 4.57 Å². The van der Waals surface area contributed by atoms with E-state index in [4.69, 9.17) is 0 Å². The van der Waals surface area contributed by atoms with Crippen LogP contribution < -0.4 is 9.41 Å². The molecule has 1 aromatic heterocycles. The van der Waals surface area contributed by atoms with Gasteiger partial charge in [0.15, 0.2) is 0 Å². The zero-order chi connectivity index (χ0) is 13.8. The van der Waals surface area contributed by atoms with Gasteiger partial charge in [0.1, 0.15) is 0 Å². The summed E-state index contributed by atoms with van der Waals surface area (Å²) in [4.78, 5) is 0. The molecule has 0 saturated heterocycles. The zero-order valence-corrected chi connectivity index (χ0v) is 15.2. The smallest absolute Gasteiger partial charge is 1.00 e. The number of halogens is 2. The van der Waals surface area contributed by atoms with Crippen LogP contribution in [0, 0.1) is 6.92 Å². The van der Waals surface area contributed by atoms with Gasteiger partial charge in [-0.05, 0) is 17.8 Å². The van der Waals surface area contributed by atoms with E-state index in [0.29, 0.717) is 0 Å². The molecule has 3 aromatic carbocycles. The number of hydrogen-bond acceptors (Lipinski definition) is 0. The Morgan fingerprint density at radius 1 is 0.870 bits per heavy atom. The molecule has 0 aliphatic rings. The molecule has 0 aliphatic carbocycles. The Bertz CT molecular complexity index is 738. The summed E-state index contributed by atoms with van der Waals surface area (Å²) in [6.45, 7) is 2.08. The number of aromatic nitrogens is 1. The van der Waals surface area contributed by atoms with Gasteiger partial charge in [0.05, 0.1) is 0 Å². The van der Waals surface area contributed by atoms with E-state index in [9.17, 15) is 0 Å². The summed E-state index contributed by atoms with van der Waals surface area (Å²) in [5, 5.41) is 2.60. The number of benzene rings is 1. The van der Waals surface area contributed by atoms with E-state index >= 15 is 0 Å². The molecule has 23 heavy (non-hydrogen) atoms. The van der Waals surface area contributed by atoms with Gasteiger partial charge < -0.3 is 14.0 Å². The average molecular weight is 389 g/mol. The van der Waals surface area contributed by atoms with E-state index in [1.807, 2.05) is 24.3 Å². The van der Waals surface area contributed by atoms with Crippen molar-refractivity contribution in [2.75, 3.05) is 0 Å². The predicted molar refractivity (Wildman–Crippen MR) is 85.6 cm³/mol. The minimum Gasteiger partial charge on any atom is -1.00 e. The normalized spacial score (nSPS) is 8.91. The Hall–Kier alpha value is -1.80. The maximum Gasteiger partial charge on any atom is 4.00 e. The second-order valence-corrected chi connectivity index (χ2v) is 4.90. The summed E-state index contributed by atoms with van der Waals surface area (Å²) in [7, 11) is 0. The van der Waals surface area contributed by atoms with Gasteiger partial charge in [-0.3, -0.25) is 0 Å². The molecule has 0 spiro atoms. The monoisotopic (exact) mass is 387 g/mol. The molecule has 4 aromatic rings. The Labute approximate surface area is 154 Å². The minimum atomic E-state index is 0. The van der Waals surface area contributed by atoms with Gasteiger partial charge in [-0.15, -0.1) is 41.1 Å². The van der Waals surface area contributed by atoms with Gasteiger partial charge in [-0.2, -0.15) is 17.7 Å². The van der Waals surface area contributed by atoms with Crippen LogP contribution in [0.4, 0.5) is 0 Å². The maximum atomic E-state index is 2.20. The molecule has 0 atom stereocenters. The van der Waals surface area contributed by atoms with Crippen molar-refractivity contribution in [1.29, 1.82) is 0 Å². The molecule has 0 fully saturated rings. The minimum absolute atomic E-state index is 0. The summed E-state index contributed by atoms with van der Waals surface area (Å²) in [6.07, 6.45) is 4.13. The van der Waals surface area contributed by atoms with Crippen molar-refractivity contribution in [2.24, 2.45) is 0 Å². The van der Waals surface area contributed by atoms with Crippen molar-refractivity contribution >= 4 is 10.8 Å². The zero-order valence-electron chi connectivity index (χ0n) is 12.8. The van der Waals surface area contributed by atoms with Gasteiger partial charge >= 0.3 is 26.2 Å². The third-order valence-electron chi connectivity index (χ3n) is 3.33. The first-order valence-corrected chi connectivity index (χ1v) is 6.80. The fraction of sp³-hybridized carbons (Fsp3) is 0.0526. The molecule has 0 bridgehead atoms. The van der Waals surface area contributed by atoms with Crippen LogP contribution in [0.2, 0.25) is 0 Å². The molecule has 0 amide bonds. The van der Waals surface area contributed by atoms with E-state index in [2.05, 4.69) is 72.4 Å². The first-order chi connectivity index (χ1) is 9.83. The third kappa shape index (κ3) is 5.40. The number of hydrogen-bond donors (Lipinski definition) is 0. The van der Waals surface area contributed by atoms with Crippen molar-refractivity contribution in [3.05, 3.63) is 90.8 Å². The topological polar surface area (TPSA) is 4.93 Å². The van der Waals surface area contributed by atoms with Crippen LogP contribution in [0.1, 0.15) is 5.56 Å². The molecule has 116 valence electrons. The van der Waals surface area contributed by atoms with Crippen molar-refractivity contribution in [3.63, 3.8) is 0 Å². The molecule has 0 unspecified atom stereocenters. The van der Waals surface area contributed by atoms with Gasteiger partial charge in [0, 0.05) is 12.4 Å². The molecule has 0 saturated carbocycles. The number of aryl methyl sites for hydroxylation is 1. The van der Waals surface area contributed by atoms with E-state index in [1.165, 1.54) is 22.0 Å². The van der Waals surface area contributed by atoms with E-state index in [1.54, 1.807) is 0 Å². The van der Waals surface area contributed by atoms with Crippen molar-refractivity contribution in [1.82, 2.24) is 4.57 Å². The Morgan fingerprint density at radius 2 is 1.48 bits per heavy atom. The van der Waals surface area contributed by atoms with Gasteiger partial charge in [0.25, 0.3) is 0 Å². The van der Waals surface area contributed by atoms with Crippen LogP contribution in [-0.2, 0) is 26.2 Å². The quantitative estimate of drug-likeness (QED) is 0.371. The predicted octanol–water partition coefficient (Wildman–Crippen LogP) is -0.931. The van der Waals surface area contributed by atoms with Crippen molar-refractivity contribution in [2.45, 2.75) is 6.92 Å². The van der Waals surface area contributed by atoms with Crippen LogP contribution >= 0.6 is 0 Å². The number of fused-ring (bicyclic) bond motifs is 1. The van der Waals surface area contributed by atoms with Gasteiger partial charge in [-0.25, -0.2) is 12.1 Å². The summed E-state index contributed by atoms with van der Waals surface area (Å²) < 4.78 is 2.12. The van der Waals surface area contributed by atoms with E-state index in [-0.39, 0.29) is 35.6 Å².